The lowest BCUT2D eigenvalue weighted by Gasteiger charge is -2.08. The van der Waals surface area contributed by atoms with E-state index in [4.69, 9.17) is 5.41 Å². The summed E-state index contributed by atoms with van der Waals surface area (Å²) in [6, 6.07) is 3.52. The van der Waals surface area contributed by atoms with E-state index in [1.165, 1.54) is 0 Å². The van der Waals surface area contributed by atoms with Gasteiger partial charge < -0.3 is 10.7 Å². The molecule has 1 aromatic carbocycles. The van der Waals surface area contributed by atoms with Gasteiger partial charge in [0.1, 0.15) is 0 Å². The molecule has 0 unspecified atom stereocenters. The van der Waals surface area contributed by atoms with Crippen molar-refractivity contribution in [3.63, 3.8) is 0 Å². The molecule has 9 heteroatoms. The average Bonchev–Trinajstić information content (AvgIpc) is 2.28. The van der Waals surface area contributed by atoms with E-state index in [0.717, 1.165) is 24.1 Å². The molecule has 0 aliphatic heterocycles. The average molecular weight is 272 g/mol. The molecule has 0 aromatic heterocycles. The molecule has 1 N–H and O–H groups in total. The molecule has 0 atom stereocenters. The van der Waals surface area contributed by atoms with Gasteiger partial charge in [-0.25, -0.2) is 0 Å². The summed E-state index contributed by atoms with van der Waals surface area (Å²) in [5.74, 6) is -0.333. The standard InChI is InChI=1S/C10H5F3N3O3/c11-10(12,13)6-2-1-3-7(4-6)15-9(17)8(5-14)16(18)19/h1-4H,(H,15,17)/q-1. The molecule has 1 rings (SSSR count). The molecule has 0 bridgehead atoms. The Morgan fingerprint density at radius 2 is 2.05 bits per heavy atom. The van der Waals surface area contributed by atoms with Crippen LogP contribution in [0, 0.1) is 10.1 Å². The summed E-state index contributed by atoms with van der Waals surface area (Å²) in [6.07, 6.45) is -4.61. The molecule has 1 aromatic rings. The van der Waals surface area contributed by atoms with E-state index in [9.17, 15) is 28.1 Å². The Balaban J connectivity index is 2.99. The monoisotopic (exact) mass is 272 g/mol. The lowest BCUT2D eigenvalue weighted by molar-refractivity contribution is -0.415. The Kier molecular flexibility index (Phi) is 4.03. The van der Waals surface area contributed by atoms with Crippen molar-refractivity contribution in [2.75, 3.05) is 5.32 Å². The summed E-state index contributed by atoms with van der Waals surface area (Å²) < 4.78 is 37.1. The Bertz CT molecular complexity index is 577. The number of rotatable bonds is 3. The number of benzene rings is 1. The van der Waals surface area contributed by atoms with Crippen LogP contribution in [0.25, 0.3) is 5.41 Å². The van der Waals surface area contributed by atoms with E-state index in [1.54, 1.807) is 0 Å². The third-order valence-corrected chi connectivity index (χ3v) is 1.95. The first-order valence-electron chi connectivity index (χ1n) is 4.65. The highest BCUT2D eigenvalue weighted by Gasteiger charge is 2.30. The predicted octanol–water partition coefficient (Wildman–Crippen LogP) is 2.04. The highest BCUT2D eigenvalue weighted by molar-refractivity contribution is 6.07. The molecule has 0 saturated heterocycles. The first kappa shape index (κ1) is 14.4. The number of hydrogen-bond acceptors (Lipinski definition) is 3. The molecule has 100 valence electrons. The Hall–Kier alpha value is -2.67. The van der Waals surface area contributed by atoms with Gasteiger partial charge in [0.05, 0.1) is 10.5 Å². The Morgan fingerprint density at radius 1 is 1.42 bits per heavy atom. The maximum Gasteiger partial charge on any atom is 0.416 e. The van der Waals surface area contributed by atoms with Crippen LogP contribution in [0.4, 0.5) is 18.9 Å². The number of nitrogens with one attached hydrogen (secondary N) is 1. The van der Waals surface area contributed by atoms with Crippen LogP contribution in [-0.2, 0) is 11.0 Å². The van der Waals surface area contributed by atoms with Gasteiger partial charge in [-0.05, 0) is 18.2 Å². The van der Waals surface area contributed by atoms with Crippen molar-refractivity contribution in [3.8, 4) is 0 Å². The van der Waals surface area contributed by atoms with E-state index >= 15 is 0 Å². The number of anilines is 1. The number of nitro groups is 1. The van der Waals surface area contributed by atoms with Crippen LogP contribution in [0.1, 0.15) is 5.56 Å². The second kappa shape index (κ2) is 5.32. The predicted molar refractivity (Wildman–Crippen MR) is 58.9 cm³/mol. The van der Waals surface area contributed by atoms with E-state index in [0.29, 0.717) is 6.07 Å². The van der Waals surface area contributed by atoms with Crippen molar-refractivity contribution in [2.45, 2.75) is 6.18 Å². The molecule has 1 amide bonds. The van der Waals surface area contributed by atoms with Crippen LogP contribution in [-0.4, -0.2) is 16.7 Å². The molecule has 19 heavy (non-hydrogen) atoms. The number of alkyl halides is 3. The minimum atomic E-state index is -4.61. The number of hydrogen-bond donors (Lipinski definition) is 1. The van der Waals surface area contributed by atoms with Gasteiger partial charge in [0.25, 0.3) is 0 Å². The minimum absolute atomic E-state index is 0.297. The van der Waals surface area contributed by atoms with Crippen LogP contribution in [0.2, 0.25) is 0 Å². The highest BCUT2D eigenvalue weighted by atomic mass is 19.4. The quantitative estimate of drug-likeness (QED) is 0.395. The zero-order valence-corrected chi connectivity index (χ0v) is 9.06. The van der Waals surface area contributed by atoms with Gasteiger partial charge in [-0.3, -0.25) is 14.9 Å². The fourth-order valence-corrected chi connectivity index (χ4v) is 1.14. The molecule has 0 aliphatic carbocycles. The maximum atomic E-state index is 12.4. The van der Waals surface area contributed by atoms with Gasteiger partial charge in [-0.2, -0.15) is 19.0 Å². The van der Waals surface area contributed by atoms with Crippen molar-refractivity contribution >= 4 is 17.5 Å². The lowest BCUT2D eigenvalue weighted by atomic mass is 10.2. The first-order chi connectivity index (χ1) is 8.75. The minimum Gasteiger partial charge on any atom is -0.757 e. The Labute approximate surface area is 104 Å². The first-order valence-corrected chi connectivity index (χ1v) is 4.65. The van der Waals surface area contributed by atoms with Crippen LogP contribution in [0.5, 0.6) is 0 Å². The summed E-state index contributed by atoms with van der Waals surface area (Å²) in [6.45, 7) is 0. The molecule has 0 heterocycles. The zero-order valence-electron chi connectivity index (χ0n) is 9.06. The zero-order chi connectivity index (χ0) is 14.6. The van der Waals surface area contributed by atoms with E-state index in [2.05, 4.69) is 0 Å². The van der Waals surface area contributed by atoms with Crippen LogP contribution < -0.4 is 5.32 Å². The van der Waals surface area contributed by atoms with E-state index in [1.807, 2.05) is 5.32 Å². The highest BCUT2D eigenvalue weighted by Crippen LogP contribution is 2.30. The second-order valence-corrected chi connectivity index (χ2v) is 3.25. The summed E-state index contributed by atoms with van der Waals surface area (Å²) in [5, 5.41) is 20.5. The molecule has 0 radical (unpaired) electrons. The topological polar surface area (TPSA) is 94.5 Å². The van der Waals surface area contributed by atoms with Crippen molar-refractivity contribution in [1.29, 1.82) is 0 Å². The molecule has 0 saturated carbocycles. The van der Waals surface area contributed by atoms with Crippen molar-refractivity contribution in [1.82, 2.24) is 0 Å². The van der Waals surface area contributed by atoms with Crippen molar-refractivity contribution < 1.29 is 22.9 Å². The second-order valence-electron chi connectivity index (χ2n) is 3.25. The number of carbonyl (C=O) groups excluding carboxylic acids is 1. The molecule has 6 nitrogen and oxygen atoms in total. The normalized spacial score (nSPS) is 10.5. The van der Waals surface area contributed by atoms with Crippen LogP contribution >= 0.6 is 0 Å². The molecule has 0 spiro atoms. The van der Waals surface area contributed by atoms with Gasteiger partial charge in [0, 0.05) is 5.69 Å². The lowest BCUT2D eigenvalue weighted by Crippen LogP contribution is -2.20. The molecular formula is C10H5F3N3O3-. The number of halogens is 3. The SMILES string of the molecule is [N-]=C=C(C(=O)Nc1cccc(C(F)(F)F)c1)[N+](=O)[O-]. The van der Waals surface area contributed by atoms with Crippen molar-refractivity contribution in [2.24, 2.45) is 0 Å². The van der Waals surface area contributed by atoms with Gasteiger partial charge in [0.2, 0.25) is 0 Å². The van der Waals surface area contributed by atoms with Gasteiger partial charge in [-0.15, -0.1) is 0 Å². The van der Waals surface area contributed by atoms with Gasteiger partial charge in [0.15, 0.2) is 0 Å². The fourth-order valence-electron chi connectivity index (χ4n) is 1.14. The fraction of sp³-hybridized carbons (Fsp3) is 0.100. The number of carbonyl (C=O) groups is 1. The maximum absolute atomic E-state index is 12.4. The van der Waals surface area contributed by atoms with E-state index in [-0.39, 0.29) is 5.69 Å². The Morgan fingerprint density at radius 3 is 2.53 bits per heavy atom. The number of amides is 1. The summed E-state index contributed by atoms with van der Waals surface area (Å²) in [7, 11) is 0. The molecular weight excluding hydrogens is 267 g/mol. The van der Waals surface area contributed by atoms with Gasteiger partial charge >= 0.3 is 17.8 Å². The van der Waals surface area contributed by atoms with E-state index < -0.39 is 28.3 Å². The summed E-state index contributed by atoms with van der Waals surface area (Å²) >= 11 is 0. The van der Waals surface area contributed by atoms with Crippen LogP contribution in [0.15, 0.2) is 30.0 Å². The summed E-state index contributed by atoms with van der Waals surface area (Å²) in [4.78, 5) is 20.3. The molecule has 0 aliphatic rings. The van der Waals surface area contributed by atoms with Gasteiger partial charge in [-0.1, -0.05) is 6.07 Å². The largest absolute Gasteiger partial charge is 0.757 e. The van der Waals surface area contributed by atoms with Crippen molar-refractivity contribution in [3.05, 3.63) is 51.0 Å². The molecule has 0 fully saturated rings. The number of nitrogens with zero attached hydrogens (tertiary/aromatic N) is 2. The van der Waals surface area contributed by atoms with Crippen LogP contribution in [0.3, 0.4) is 0 Å². The summed E-state index contributed by atoms with van der Waals surface area (Å²) in [5.41, 5.74) is -2.63. The smallest absolute Gasteiger partial charge is 0.416 e. The third-order valence-electron chi connectivity index (χ3n) is 1.95. The third kappa shape index (κ3) is 3.65.